The van der Waals surface area contributed by atoms with Gasteiger partial charge >= 0.3 is 5.97 Å². The van der Waals surface area contributed by atoms with Gasteiger partial charge in [0.25, 0.3) is 11.5 Å². The molecule has 0 bridgehead atoms. The molecule has 3 rings (SSSR count). The monoisotopic (exact) mass is 358 g/mol. The zero-order valence-electron chi connectivity index (χ0n) is 14.8. The van der Waals surface area contributed by atoms with E-state index in [1.807, 2.05) is 18.7 Å². The van der Waals surface area contributed by atoms with Gasteiger partial charge in [0.2, 0.25) is 0 Å². The minimum absolute atomic E-state index is 0.00279. The fourth-order valence-electron chi connectivity index (χ4n) is 3.27. The van der Waals surface area contributed by atoms with E-state index in [9.17, 15) is 14.4 Å². The van der Waals surface area contributed by atoms with Crippen LogP contribution in [0.5, 0.6) is 0 Å². The molecular formula is C18H22N4O4. The van der Waals surface area contributed by atoms with Crippen LogP contribution in [-0.2, 0) is 4.79 Å². The Labute approximate surface area is 150 Å². The van der Waals surface area contributed by atoms with Crippen LogP contribution >= 0.6 is 0 Å². The molecule has 138 valence electrons. The van der Waals surface area contributed by atoms with Crippen LogP contribution in [0.15, 0.2) is 29.3 Å². The summed E-state index contributed by atoms with van der Waals surface area (Å²) in [6.45, 7) is 4.46. The molecule has 2 heterocycles. The molecule has 0 unspecified atom stereocenters. The van der Waals surface area contributed by atoms with Crippen molar-refractivity contribution in [3.8, 4) is 0 Å². The lowest BCUT2D eigenvalue weighted by molar-refractivity contribution is -0.139. The van der Waals surface area contributed by atoms with Crippen molar-refractivity contribution in [1.29, 1.82) is 0 Å². The fraction of sp³-hybridized carbons (Fsp3) is 0.444. The van der Waals surface area contributed by atoms with Crippen LogP contribution in [0.1, 0.15) is 35.7 Å². The predicted molar refractivity (Wildman–Crippen MR) is 95.4 cm³/mol. The number of pyridine rings is 1. The molecule has 0 saturated heterocycles. The van der Waals surface area contributed by atoms with E-state index in [1.165, 1.54) is 10.6 Å². The van der Waals surface area contributed by atoms with Gasteiger partial charge in [-0.1, -0.05) is 6.92 Å². The van der Waals surface area contributed by atoms with Crippen LogP contribution in [0.4, 0.5) is 0 Å². The number of hydrogen-bond acceptors (Lipinski definition) is 5. The fourth-order valence-corrected chi connectivity index (χ4v) is 3.27. The molecule has 1 aliphatic rings. The van der Waals surface area contributed by atoms with Gasteiger partial charge in [0.1, 0.15) is 11.2 Å². The molecule has 2 N–H and O–H groups in total. The Morgan fingerprint density at radius 3 is 2.81 bits per heavy atom. The lowest BCUT2D eigenvalue weighted by atomic mass is 9.85. The summed E-state index contributed by atoms with van der Waals surface area (Å²) in [7, 11) is 0. The first-order valence-electron chi connectivity index (χ1n) is 8.63. The van der Waals surface area contributed by atoms with Crippen LogP contribution in [0, 0.1) is 6.92 Å². The van der Waals surface area contributed by atoms with Crippen LogP contribution in [0.25, 0.3) is 5.65 Å². The van der Waals surface area contributed by atoms with Gasteiger partial charge in [-0.2, -0.15) is 0 Å². The minimum Gasteiger partial charge on any atom is -0.480 e. The number of fused-ring (bicyclic) bond motifs is 1. The quantitative estimate of drug-likeness (QED) is 0.787. The predicted octanol–water partition coefficient (Wildman–Crippen LogP) is 0.670. The molecule has 0 radical (unpaired) electrons. The molecule has 0 aliphatic heterocycles. The Kier molecular flexibility index (Phi) is 5.03. The van der Waals surface area contributed by atoms with Gasteiger partial charge in [-0.05, 0) is 44.0 Å². The third kappa shape index (κ3) is 3.60. The second kappa shape index (κ2) is 7.25. The third-order valence-electron chi connectivity index (χ3n) is 4.82. The van der Waals surface area contributed by atoms with E-state index in [4.69, 9.17) is 5.11 Å². The largest absolute Gasteiger partial charge is 0.480 e. The summed E-state index contributed by atoms with van der Waals surface area (Å²) < 4.78 is 1.36. The number of carboxylic acid groups (broad SMARTS) is 1. The van der Waals surface area contributed by atoms with E-state index in [0.29, 0.717) is 25.0 Å². The zero-order chi connectivity index (χ0) is 18.8. The molecule has 1 amide bonds. The van der Waals surface area contributed by atoms with Crippen molar-refractivity contribution in [3.05, 3.63) is 46.0 Å². The van der Waals surface area contributed by atoms with Gasteiger partial charge in [-0.3, -0.25) is 23.7 Å². The number of aliphatic carboxylic acids is 1. The van der Waals surface area contributed by atoms with Crippen molar-refractivity contribution in [2.75, 3.05) is 13.1 Å². The highest BCUT2D eigenvalue weighted by Crippen LogP contribution is 2.25. The van der Waals surface area contributed by atoms with Crippen LogP contribution in [0.2, 0.25) is 0 Å². The topological polar surface area (TPSA) is 104 Å². The Morgan fingerprint density at radius 1 is 1.42 bits per heavy atom. The number of carboxylic acids is 1. The van der Waals surface area contributed by atoms with Crippen molar-refractivity contribution in [3.63, 3.8) is 0 Å². The van der Waals surface area contributed by atoms with Crippen molar-refractivity contribution >= 4 is 17.5 Å². The molecule has 26 heavy (non-hydrogen) atoms. The maximum absolute atomic E-state index is 12.5. The van der Waals surface area contributed by atoms with Gasteiger partial charge in [-0.15, -0.1) is 0 Å². The normalized spacial score (nSPS) is 19.3. The SMILES string of the molecule is CCN(CC(=O)O)C1CC(NC(=O)c2cnc3cc(C)ccn3c2=O)C1. The number of nitrogens with one attached hydrogen (secondary N) is 1. The average Bonchev–Trinajstić information content (AvgIpc) is 2.55. The first-order valence-corrected chi connectivity index (χ1v) is 8.63. The van der Waals surface area contributed by atoms with Gasteiger partial charge in [-0.25, -0.2) is 4.98 Å². The highest BCUT2D eigenvalue weighted by molar-refractivity contribution is 5.94. The Bertz CT molecular complexity index is 902. The smallest absolute Gasteiger partial charge is 0.317 e. The van der Waals surface area contributed by atoms with Gasteiger partial charge in [0.05, 0.1) is 6.54 Å². The molecule has 8 nitrogen and oxygen atoms in total. The second-order valence-electron chi connectivity index (χ2n) is 6.66. The first-order chi connectivity index (χ1) is 12.4. The number of aryl methyl sites for hydroxylation is 1. The van der Waals surface area contributed by atoms with Crippen LogP contribution in [0.3, 0.4) is 0 Å². The molecule has 2 aromatic heterocycles. The number of hydrogen-bond donors (Lipinski definition) is 2. The number of likely N-dealkylation sites (N-methyl/N-ethyl adjacent to an activating group) is 1. The summed E-state index contributed by atoms with van der Waals surface area (Å²) >= 11 is 0. The standard InChI is InChI=1S/C18H22N4O4/c1-3-21(10-16(23)24)13-7-12(8-13)20-17(25)14-9-19-15-6-11(2)4-5-22(15)18(14)26/h4-6,9,12-13H,3,7-8,10H2,1-2H3,(H,20,25)(H,23,24). The van der Waals surface area contributed by atoms with Crippen molar-refractivity contribution < 1.29 is 14.7 Å². The minimum atomic E-state index is -0.857. The number of rotatable bonds is 6. The zero-order valence-corrected chi connectivity index (χ0v) is 14.8. The maximum atomic E-state index is 12.5. The van der Waals surface area contributed by atoms with Gasteiger partial charge in [0, 0.05) is 24.5 Å². The van der Waals surface area contributed by atoms with Crippen molar-refractivity contribution in [2.45, 2.75) is 38.8 Å². The Balaban J connectivity index is 1.66. The molecule has 0 atom stereocenters. The Morgan fingerprint density at radius 2 is 2.15 bits per heavy atom. The van der Waals surface area contributed by atoms with E-state index in [-0.39, 0.29) is 24.2 Å². The van der Waals surface area contributed by atoms with E-state index in [2.05, 4.69) is 10.3 Å². The number of carbonyl (C=O) groups is 2. The molecule has 1 aliphatic carbocycles. The summed E-state index contributed by atoms with van der Waals surface area (Å²) in [5.41, 5.74) is 1.09. The maximum Gasteiger partial charge on any atom is 0.317 e. The number of nitrogens with zero attached hydrogens (tertiary/aromatic N) is 3. The molecule has 1 fully saturated rings. The second-order valence-corrected chi connectivity index (χ2v) is 6.66. The average molecular weight is 358 g/mol. The molecule has 0 aromatic carbocycles. The molecule has 0 spiro atoms. The summed E-state index contributed by atoms with van der Waals surface area (Å²) in [6, 6.07) is 3.64. The lowest BCUT2D eigenvalue weighted by Crippen LogP contribution is -2.55. The summed E-state index contributed by atoms with van der Waals surface area (Å²) in [5.74, 6) is -1.30. The van der Waals surface area contributed by atoms with E-state index >= 15 is 0 Å². The molecular weight excluding hydrogens is 336 g/mol. The first kappa shape index (κ1) is 18.1. The van der Waals surface area contributed by atoms with Gasteiger partial charge in [0.15, 0.2) is 0 Å². The summed E-state index contributed by atoms with van der Waals surface area (Å²) in [4.78, 5) is 41.9. The summed E-state index contributed by atoms with van der Waals surface area (Å²) in [5, 5.41) is 11.8. The molecule has 2 aromatic rings. The van der Waals surface area contributed by atoms with Gasteiger partial charge < -0.3 is 10.4 Å². The highest BCUT2D eigenvalue weighted by Gasteiger charge is 2.35. The molecule has 1 saturated carbocycles. The van der Waals surface area contributed by atoms with E-state index in [1.54, 1.807) is 18.3 Å². The highest BCUT2D eigenvalue weighted by atomic mass is 16.4. The lowest BCUT2D eigenvalue weighted by Gasteiger charge is -2.42. The van der Waals surface area contributed by atoms with Crippen LogP contribution in [-0.4, -0.2) is 56.4 Å². The third-order valence-corrected chi connectivity index (χ3v) is 4.82. The van der Waals surface area contributed by atoms with Crippen molar-refractivity contribution in [2.24, 2.45) is 0 Å². The van der Waals surface area contributed by atoms with Crippen molar-refractivity contribution in [1.82, 2.24) is 19.6 Å². The van der Waals surface area contributed by atoms with E-state index < -0.39 is 17.4 Å². The van der Waals surface area contributed by atoms with Crippen LogP contribution < -0.4 is 10.9 Å². The number of carbonyl (C=O) groups excluding carboxylic acids is 1. The van der Waals surface area contributed by atoms with E-state index in [0.717, 1.165) is 5.56 Å². The summed E-state index contributed by atoms with van der Waals surface area (Å²) in [6.07, 6.45) is 4.27. The number of aromatic nitrogens is 2. The Hall–Kier alpha value is -2.74. The number of amides is 1. The molecule has 8 heteroatoms.